The van der Waals surface area contributed by atoms with Crippen LogP contribution < -0.4 is 5.32 Å². The lowest BCUT2D eigenvalue weighted by molar-refractivity contribution is 0.0921. The molecule has 3 nitrogen and oxygen atoms in total. The monoisotopic (exact) mass is 221 g/mol. The van der Waals surface area contributed by atoms with Gasteiger partial charge >= 0.3 is 0 Å². The van der Waals surface area contributed by atoms with Crippen molar-refractivity contribution in [3.05, 3.63) is 34.4 Å². The molecule has 0 bridgehead atoms. The molecule has 0 fully saturated rings. The predicted octanol–water partition coefficient (Wildman–Crippen LogP) is 1.72. The number of benzene rings is 1. The Hall–Kier alpha value is -1.35. The van der Waals surface area contributed by atoms with Crippen molar-refractivity contribution in [2.24, 2.45) is 0 Å². The van der Waals surface area contributed by atoms with E-state index in [0.29, 0.717) is 5.56 Å². The first-order valence-corrected chi connectivity index (χ1v) is 5.45. The van der Waals surface area contributed by atoms with Crippen LogP contribution in [0.15, 0.2) is 12.1 Å². The summed E-state index contributed by atoms with van der Waals surface area (Å²) < 4.78 is 0. The highest BCUT2D eigenvalue weighted by atomic mass is 16.3. The van der Waals surface area contributed by atoms with Crippen LogP contribution >= 0.6 is 0 Å². The van der Waals surface area contributed by atoms with Gasteiger partial charge in [0.2, 0.25) is 0 Å². The second-order valence-electron chi connectivity index (χ2n) is 4.33. The highest BCUT2D eigenvalue weighted by molar-refractivity contribution is 5.97. The van der Waals surface area contributed by atoms with Gasteiger partial charge in [-0.1, -0.05) is 17.7 Å². The van der Waals surface area contributed by atoms with Crippen LogP contribution in [0.4, 0.5) is 0 Å². The van der Waals surface area contributed by atoms with Gasteiger partial charge in [0, 0.05) is 11.6 Å². The average Bonchev–Trinajstić information content (AvgIpc) is 2.15. The highest BCUT2D eigenvalue weighted by Gasteiger charge is 2.14. The summed E-state index contributed by atoms with van der Waals surface area (Å²) in [6.07, 6.45) is 0. The fourth-order valence-corrected chi connectivity index (χ4v) is 1.88. The van der Waals surface area contributed by atoms with Crippen molar-refractivity contribution in [2.75, 3.05) is 6.61 Å². The van der Waals surface area contributed by atoms with E-state index in [-0.39, 0.29) is 18.6 Å². The summed E-state index contributed by atoms with van der Waals surface area (Å²) in [5.41, 5.74) is 3.81. The molecule has 1 amide bonds. The normalized spacial score (nSPS) is 12.3. The zero-order valence-corrected chi connectivity index (χ0v) is 10.3. The number of rotatable bonds is 3. The summed E-state index contributed by atoms with van der Waals surface area (Å²) in [6.45, 7) is 7.60. The van der Waals surface area contributed by atoms with E-state index < -0.39 is 0 Å². The molecule has 0 radical (unpaired) electrons. The van der Waals surface area contributed by atoms with Gasteiger partial charge < -0.3 is 10.4 Å². The molecule has 1 aromatic rings. The Morgan fingerprint density at radius 1 is 1.31 bits per heavy atom. The Bertz CT molecular complexity index is 376. The molecular formula is C13H19NO2. The number of aryl methyl sites for hydroxylation is 3. The largest absolute Gasteiger partial charge is 0.394 e. The standard InChI is InChI=1S/C13H19NO2/c1-8-5-9(2)12(10(3)6-8)13(16)14-11(4)7-15/h5-6,11,15H,7H2,1-4H3,(H,14,16)/t11-/m0/s1. The molecule has 0 spiro atoms. The number of hydrogen-bond donors (Lipinski definition) is 2. The minimum atomic E-state index is -0.215. The van der Waals surface area contributed by atoms with Crippen LogP contribution in [0.25, 0.3) is 0 Å². The molecule has 0 heterocycles. The molecule has 1 rings (SSSR count). The summed E-state index contributed by atoms with van der Waals surface area (Å²) in [5, 5.41) is 11.7. The molecule has 2 N–H and O–H groups in total. The van der Waals surface area contributed by atoms with Gasteiger partial charge in [0.25, 0.3) is 5.91 Å². The molecule has 0 aliphatic rings. The van der Waals surface area contributed by atoms with Crippen LogP contribution in [0.2, 0.25) is 0 Å². The van der Waals surface area contributed by atoms with Gasteiger partial charge in [-0.25, -0.2) is 0 Å². The number of aliphatic hydroxyl groups is 1. The number of hydrogen-bond acceptors (Lipinski definition) is 2. The molecule has 0 saturated heterocycles. The van der Waals surface area contributed by atoms with Crippen LogP contribution in [0.3, 0.4) is 0 Å². The Kier molecular flexibility index (Phi) is 4.07. The lowest BCUT2D eigenvalue weighted by Crippen LogP contribution is -2.35. The molecule has 0 unspecified atom stereocenters. The summed E-state index contributed by atoms with van der Waals surface area (Å²) in [4.78, 5) is 11.9. The highest BCUT2D eigenvalue weighted by Crippen LogP contribution is 2.16. The molecule has 0 aliphatic heterocycles. The van der Waals surface area contributed by atoms with E-state index in [9.17, 15) is 4.79 Å². The molecule has 0 aliphatic carbocycles. The zero-order chi connectivity index (χ0) is 12.3. The quantitative estimate of drug-likeness (QED) is 0.816. The van der Waals surface area contributed by atoms with Crippen LogP contribution in [0, 0.1) is 20.8 Å². The third-order valence-electron chi connectivity index (χ3n) is 2.56. The predicted molar refractivity (Wildman–Crippen MR) is 64.7 cm³/mol. The van der Waals surface area contributed by atoms with Crippen LogP contribution in [-0.2, 0) is 0 Å². The van der Waals surface area contributed by atoms with Gasteiger partial charge in [0.1, 0.15) is 0 Å². The SMILES string of the molecule is Cc1cc(C)c(C(=O)N[C@@H](C)CO)c(C)c1. The van der Waals surface area contributed by atoms with E-state index in [1.54, 1.807) is 6.92 Å². The first-order valence-electron chi connectivity index (χ1n) is 5.45. The summed E-state index contributed by atoms with van der Waals surface area (Å²) >= 11 is 0. The maximum atomic E-state index is 11.9. The number of carbonyl (C=O) groups is 1. The van der Waals surface area contributed by atoms with Crippen molar-refractivity contribution in [1.29, 1.82) is 0 Å². The average molecular weight is 221 g/mol. The molecule has 1 atom stereocenters. The number of aliphatic hydroxyl groups excluding tert-OH is 1. The lowest BCUT2D eigenvalue weighted by Gasteiger charge is -2.14. The van der Waals surface area contributed by atoms with Crippen LogP contribution in [-0.4, -0.2) is 23.7 Å². The van der Waals surface area contributed by atoms with Crippen LogP contribution in [0.5, 0.6) is 0 Å². The first-order chi connectivity index (χ1) is 7.45. The third kappa shape index (κ3) is 2.83. The maximum Gasteiger partial charge on any atom is 0.252 e. The first kappa shape index (κ1) is 12.7. The Balaban J connectivity index is 3.00. The molecule has 0 aromatic heterocycles. The molecule has 88 valence electrons. The van der Waals surface area contributed by atoms with Crippen molar-refractivity contribution in [3.63, 3.8) is 0 Å². The van der Waals surface area contributed by atoms with Gasteiger partial charge in [-0.05, 0) is 38.8 Å². The summed E-state index contributed by atoms with van der Waals surface area (Å²) in [5.74, 6) is -0.114. The van der Waals surface area contributed by atoms with Crippen molar-refractivity contribution >= 4 is 5.91 Å². The van der Waals surface area contributed by atoms with Gasteiger partial charge in [0.05, 0.1) is 6.61 Å². The minimum Gasteiger partial charge on any atom is -0.394 e. The summed E-state index contributed by atoms with van der Waals surface area (Å²) in [6, 6.07) is 3.77. The van der Waals surface area contributed by atoms with Crippen molar-refractivity contribution in [2.45, 2.75) is 33.7 Å². The second-order valence-corrected chi connectivity index (χ2v) is 4.33. The Morgan fingerprint density at radius 2 is 1.81 bits per heavy atom. The van der Waals surface area contributed by atoms with E-state index in [0.717, 1.165) is 16.7 Å². The molecule has 16 heavy (non-hydrogen) atoms. The second kappa shape index (κ2) is 5.12. The van der Waals surface area contributed by atoms with E-state index in [4.69, 9.17) is 5.11 Å². The fraction of sp³-hybridized carbons (Fsp3) is 0.462. The van der Waals surface area contributed by atoms with Crippen molar-refractivity contribution < 1.29 is 9.90 Å². The van der Waals surface area contributed by atoms with Crippen LogP contribution in [0.1, 0.15) is 34.0 Å². The third-order valence-corrected chi connectivity index (χ3v) is 2.56. The van der Waals surface area contributed by atoms with Gasteiger partial charge in [-0.15, -0.1) is 0 Å². The fourth-order valence-electron chi connectivity index (χ4n) is 1.88. The Labute approximate surface area is 96.5 Å². The zero-order valence-electron chi connectivity index (χ0n) is 10.3. The molecular weight excluding hydrogens is 202 g/mol. The van der Waals surface area contributed by atoms with Crippen molar-refractivity contribution in [3.8, 4) is 0 Å². The molecule has 0 saturated carbocycles. The molecule has 3 heteroatoms. The lowest BCUT2D eigenvalue weighted by atomic mass is 9.99. The number of carbonyl (C=O) groups excluding carboxylic acids is 1. The van der Waals surface area contributed by atoms with E-state index >= 15 is 0 Å². The van der Waals surface area contributed by atoms with E-state index in [2.05, 4.69) is 5.32 Å². The maximum absolute atomic E-state index is 11.9. The van der Waals surface area contributed by atoms with E-state index in [1.807, 2.05) is 32.9 Å². The van der Waals surface area contributed by atoms with E-state index in [1.165, 1.54) is 0 Å². The Morgan fingerprint density at radius 3 is 2.25 bits per heavy atom. The number of nitrogens with one attached hydrogen (secondary N) is 1. The smallest absolute Gasteiger partial charge is 0.252 e. The summed E-state index contributed by atoms with van der Waals surface area (Å²) in [7, 11) is 0. The topological polar surface area (TPSA) is 49.3 Å². The number of amides is 1. The van der Waals surface area contributed by atoms with Gasteiger partial charge in [0.15, 0.2) is 0 Å². The molecule has 1 aromatic carbocycles. The minimum absolute atomic E-state index is 0.0459. The van der Waals surface area contributed by atoms with Gasteiger partial charge in [-0.3, -0.25) is 4.79 Å². The van der Waals surface area contributed by atoms with Crippen molar-refractivity contribution in [1.82, 2.24) is 5.32 Å². The van der Waals surface area contributed by atoms with Gasteiger partial charge in [-0.2, -0.15) is 0 Å².